The van der Waals surface area contributed by atoms with E-state index in [-0.39, 0.29) is 33.1 Å². The van der Waals surface area contributed by atoms with Gasteiger partial charge in [-0.15, -0.1) is 23.1 Å². The number of thiocarbonyl (C=S) groups is 1. The van der Waals surface area contributed by atoms with Crippen molar-refractivity contribution in [3.8, 4) is 0 Å². The highest BCUT2D eigenvalue weighted by Crippen LogP contribution is 2.40. The van der Waals surface area contributed by atoms with Gasteiger partial charge in [0, 0.05) is 23.8 Å². The Hall–Kier alpha value is -3.24. The molecule has 0 aromatic carbocycles. The second-order valence-electron chi connectivity index (χ2n) is 6.34. The standard InChI is InChI=1S/C16H18N8O5S3/c1-23(16(18)30)19-3-6-4-31-13-9(12(26)24(13)10(6)14(27)28)21-11(25)8(22-29-2)7-5-32-15(17)20-7/h3,5,9,13H,4H2,1-2H3,(H2,17,20)(H2,18,30)(H,21,25)(H,27,28)/b19-3?,22-8-/t9?,13-/m0/s1. The van der Waals surface area contributed by atoms with E-state index in [2.05, 4.69) is 20.6 Å². The Bertz CT molecular complexity index is 1070. The number of β-lactam (4-membered cyclic amide) rings is 1. The highest BCUT2D eigenvalue weighted by atomic mass is 32.2. The lowest BCUT2D eigenvalue weighted by atomic mass is 10.0. The van der Waals surface area contributed by atoms with Gasteiger partial charge in [0.05, 0.1) is 6.21 Å². The van der Waals surface area contributed by atoms with Crippen molar-refractivity contribution < 1.29 is 24.3 Å². The largest absolute Gasteiger partial charge is 0.477 e. The van der Waals surface area contributed by atoms with E-state index < -0.39 is 29.2 Å². The first-order valence-corrected chi connectivity index (χ1v) is 11.1. The minimum Gasteiger partial charge on any atom is -0.477 e. The van der Waals surface area contributed by atoms with E-state index in [0.717, 1.165) is 16.2 Å². The van der Waals surface area contributed by atoms with Crippen LogP contribution in [0.4, 0.5) is 5.13 Å². The zero-order valence-corrected chi connectivity index (χ0v) is 19.2. The van der Waals surface area contributed by atoms with Gasteiger partial charge in [-0.25, -0.2) is 14.8 Å². The Morgan fingerprint density at radius 2 is 2.25 bits per heavy atom. The number of nitrogens with two attached hydrogens (primary N) is 2. The van der Waals surface area contributed by atoms with Gasteiger partial charge in [0.15, 0.2) is 16.0 Å². The van der Waals surface area contributed by atoms with Crippen LogP contribution in [0.25, 0.3) is 0 Å². The number of nitrogens with zero attached hydrogens (tertiary/aromatic N) is 5. The third-order valence-corrected chi connectivity index (χ3v) is 6.60. The number of amides is 2. The quantitative estimate of drug-likeness (QED) is 0.156. The fourth-order valence-corrected chi connectivity index (χ4v) is 4.75. The SMILES string of the molecule is CO/N=C(\C(=O)NC1C(=O)N2C(C(=O)O)=C(C=NN(C)C(N)=S)CS[C@@H]12)c1csc(N)n1. The Morgan fingerprint density at radius 3 is 2.81 bits per heavy atom. The number of carboxylic acid groups (broad SMARTS) is 1. The van der Waals surface area contributed by atoms with Crippen molar-refractivity contribution in [2.24, 2.45) is 16.0 Å². The molecule has 1 saturated heterocycles. The molecule has 16 heteroatoms. The highest BCUT2D eigenvalue weighted by Gasteiger charge is 2.54. The zero-order chi connectivity index (χ0) is 23.6. The maximum Gasteiger partial charge on any atom is 0.353 e. The molecule has 2 amide bonds. The second kappa shape index (κ2) is 9.49. The number of carbonyl (C=O) groups excluding carboxylic acids is 2. The number of hydrogen-bond donors (Lipinski definition) is 4. The molecule has 2 atom stereocenters. The molecular weight excluding hydrogens is 480 g/mol. The Labute approximate surface area is 195 Å². The number of carboxylic acids is 1. The fraction of sp³-hybridized carbons (Fsp3) is 0.312. The normalized spacial score (nSPS) is 20.6. The Balaban J connectivity index is 1.80. The van der Waals surface area contributed by atoms with Crippen LogP contribution in [-0.2, 0) is 19.2 Å². The lowest BCUT2D eigenvalue weighted by Gasteiger charge is -2.49. The van der Waals surface area contributed by atoms with Crippen LogP contribution in [0.1, 0.15) is 5.69 Å². The number of thiazole rings is 1. The van der Waals surface area contributed by atoms with Gasteiger partial charge < -0.3 is 26.7 Å². The van der Waals surface area contributed by atoms with Crippen LogP contribution in [0.15, 0.2) is 26.9 Å². The predicted molar refractivity (Wildman–Crippen MR) is 123 cm³/mol. The van der Waals surface area contributed by atoms with Gasteiger partial charge in [-0.05, 0) is 12.2 Å². The fourth-order valence-electron chi connectivity index (χ4n) is 2.86. The summed E-state index contributed by atoms with van der Waals surface area (Å²) in [5.41, 5.74) is 11.2. The molecule has 0 bridgehead atoms. The van der Waals surface area contributed by atoms with Crippen LogP contribution >= 0.6 is 35.3 Å². The van der Waals surface area contributed by atoms with Crippen LogP contribution in [0.3, 0.4) is 0 Å². The first kappa shape index (κ1) is 23.4. The van der Waals surface area contributed by atoms with Crippen LogP contribution in [0.5, 0.6) is 0 Å². The van der Waals surface area contributed by atoms with Crippen LogP contribution in [0, 0.1) is 0 Å². The van der Waals surface area contributed by atoms with Crippen LogP contribution in [-0.4, -0.2) is 86.1 Å². The molecule has 3 heterocycles. The number of anilines is 1. The zero-order valence-electron chi connectivity index (χ0n) is 16.7. The van der Waals surface area contributed by atoms with Crippen LogP contribution in [0.2, 0.25) is 0 Å². The van der Waals surface area contributed by atoms with Crippen molar-refractivity contribution in [3.05, 3.63) is 22.3 Å². The summed E-state index contributed by atoms with van der Waals surface area (Å²) in [6, 6.07) is -0.960. The number of nitrogen functional groups attached to an aromatic ring is 1. The number of aromatic nitrogens is 1. The number of hydrazone groups is 1. The van der Waals surface area contributed by atoms with Crippen LogP contribution < -0.4 is 16.8 Å². The molecule has 13 nitrogen and oxygen atoms in total. The van der Waals surface area contributed by atoms with Gasteiger partial charge in [0.2, 0.25) is 0 Å². The Kier molecular flexibility index (Phi) is 6.95. The molecule has 1 unspecified atom stereocenters. The third kappa shape index (κ3) is 4.51. The van der Waals surface area contributed by atoms with Gasteiger partial charge in [-0.3, -0.25) is 14.5 Å². The molecule has 1 aromatic rings. The van der Waals surface area contributed by atoms with Crippen molar-refractivity contribution in [2.75, 3.05) is 25.6 Å². The first-order valence-electron chi connectivity index (χ1n) is 8.77. The molecule has 32 heavy (non-hydrogen) atoms. The molecule has 0 spiro atoms. The summed E-state index contributed by atoms with van der Waals surface area (Å²) in [7, 11) is 2.77. The summed E-state index contributed by atoms with van der Waals surface area (Å²) in [5.74, 6) is -2.36. The monoisotopic (exact) mass is 498 g/mol. The van der Waals surface area contributed by atoms with Gasteiger partial charge in [-0.1, -0.05) is 5.16 Å². The predicted octanol–water partition coefficient (Wildman–Crippen LogP) is -1.02. The number of hydrogen-bond acceptors (Lipinski definition) is 11. The summed E-state index contributed by atoms with van der Waals surface area (Å²) in [4.78, 5) is 47.2. The summed E-state index contributed by atoms with van der Waals surface area (Å²) in [6.07, 6.45) is 1.29. The van der Waals surface area contributed by atoms with E-state index in [4.69, 9.17) is 28.5 Å². The van der Waals surface area contributed by atoms with Crippen molar-refractivity contribution in [2.45, 2.75) is 11.4 Å². The summed E-state index contributed by atoms with van der Waals surface area (Å²) < 4.78 is 0. The summed E-state index contributed by atoms with van der Waals surface area (Å²) >= 11 is 7.17. The minimum absolute atomic E-state index is 0.00161. The lowest BCUT2D eigenvalue weighted by molar-refractivity contribution is -0.150. The molecule has 2 aliphatic rings. The Morgan fingerprint density at radius 1 is 1.53 bits per heavy atom. The average molecular weight is 499 g/mol. The smallest absolute Gasteiger partial charge is 0.353 e. The molecule has 1 aromatic heterocycles. The average Bonchev–Trinajstić information content (AvgIpc) is 3.18. The molecular formula is C16H18N8O5S3. The van der Waals surface area contributed by atoms with E-state index >= 15 is 0 Å². The van der Waals surface area contributed by atoms with Gasteiger partial charge >= 0.3 is 5.97 Å². The minimum atomic E-state index is -1.30. The topological polar surface area (TPSA) is 189 Å². The molecule has 3 rings (SSSR count). The van der Waals surface area contributed by atoms with Crippen molar-refractivity contribution in [1.29, 1.82) is 0 Å². The van der Waals surface area contributed by atoms with Gasteiger partial charge in [-0.2, -0.15) is 5.10 Å². The lowest BCUT2D eigenvalue weighted by Crippen LogP contribution is -2.71. The number of nitrogens with one attached hydrogen (secondary N) is 1. The number of oxime groups is 1. The van der Waals surface area contributed by atoms with E-state index in [0.29, 0.717) is 5.57 Å². The van der Waals surface area contributed by atoms with Gasteiger partial charge in [0.25, 0.3) is 11.8 Å². The first-order chi connectivity index (χ1) is 15.1. The van der Waals surface area contributed by atoms with E-state index in [1.54, 1.807) is 0 Å². The van der Waals surface area contributed by atoms with E-state index in [1.807, 2.05) is 0 Å². The van der Waals surface area contributed by atoms with E-state index in [1.165, 1.54) is 42.5 Å². The van der Waals surface area contributed by atoms with Crippen molar-refractivity contribution in [3.63, 3.8) is 0 Å². The molecule has 6 N–H and O–H groups in total. The third-order valence-electron chi connectivity index (χ3n) is 4.35. The maximum atomic E-state index is 12.8. The molecule has 170 valence electrons. The number of aliphatic carboxylic acids is 1. The second-order valence-corrected chi connectivity index (χ2v) is 8.75. The summed E-state index contributed by atoms with van der Waals surface area (Å²) in [5, 5.41) is 22.2. The van der Waals surface area contributed by atoms with Gasteiger partial charge in [0.1, 0.15) is 29.9 Å². The number of fused-ring (bicyclic) bond motifs is 1. The number of thioether (sulfide) groups is 1. The highest BCUT2D eigenvalue weighted by molar-refractivity contribution is 8.00. The van der Waals surface area contributed by atoms with E-state index in [9.17, 15) is 19.5 Å². The molecule has 0 saturated carbocycles. The maximum absolute atomic E-state index is 12.8. The van der Waals surface area contributed by atoms with Crippen molar-refractivity contribution in [1.82, 2.24) is 20.2 Å². The molecule has 2 aliphatic heterocycles. The number of carbonyl (C=O) groups is 3. The molecule has 0 aliphatic carbocycles. The summed E-state index contributed by atoms with van der Waals surface area (Å²) in [6.45, 7) is 0. The van der Waals surface area contributed by atoms with Crippen molar-refractivity contribution >= 4 is 75.3 Å². The molecule has 0 radical (unpaired) electrons. The molecule has 1 fully saturated rings. The number of rotatable bonds is 7.